The molecule has 1 atom stereocenters. The lowest BCUT2D eigenvalue weighted by Crippen LogP contribution is -2.40. The van der Waals surface area contributed by atoms with Crippen molar-refractivity contribution in [2.24, 2.45) is 7.05 Å². The zero-order chi connectivity index (χ0) is 13.2. The molecule has 1 fully saturated rings. The molecule has 1 aromatic rings. The van der Waals surface area contributed by atoms with E-state index < -0.39 is 10.0 Å². The molecule has 18 heavy (non-hydrogen) atoms. The summed E-state index contributed by atoms with van der Waals surface area (Å²) in [6.07, 6.45) is 7.03. The van der Waals surface area contributed by atoms with Crippen LogP contribution in [0.5, 0.6) is 0 Å². The lowest BCUT2D eigenvalue weighted by molar-refractivity contribution is 0.347. The molecule has 1 aromatic heterocycles. The van der Waals surface area contributed by atoms with E-state index in [0.29, 0.717) is 11.9 Å². The molecule has 0 radical (unpaired) electrons. The van der Waals surface area contributed by atoms with Crippen molar-refractivity contribution in [3.63, 3.8) is 0 Å². The maximum atomic E-state index is 12.6. The fraction of sp³-hybridized carbons (Fsp3) is 0.727. The summed E-state index contributed by atoms with van der Waals surface area (Å²) in [5, 5.41) is 4.64. The largest absolute Gasteiger partial charge is 0.274 e. The van der Waals surface area contributed by atoms with E-state index in [9.17, 15) is 8.42 Å². The quantitative estimate of drug-likeness (QED) is 0.790. The Morgan fingerprint density at radius 1 is 1.44 bits per heavy atom. The van der Waals surface area contributed by atoms with Crippen molar-refractivity contribution in [1.82, 2.24) is 14.1 Å². The van der Waals surface area contributed by atoms with E-state index in [1.165, 1.54) is 10.9 Å². The highest BCUT2D eigenvalue weighted by atomic mass is 79.9. The molecule has 0 spiro atoms. The first-order valence-corrected chi connectivity index (χ1v) is 8.68. The number of hydrogen-bond donors (Lipinski definition) is 0. The Labute approximate surface area is 116 Å². The van der Waals surface area contributed by atoms with Gasteiger partial charge in [-0.3, -0.25) is 4.68 Å². The Hall–Kier alpha value is -0.400. The number of rotatable bonds is 3. The molecule has 1 aliphatic rings. The monoisotopic (exact) mass is 335 g/mol. The van der Waals surface area contributed by atoms with E-state index in [4.69, 9.17) is 0 Å². The third-order valence-corrected chi connectivity index (χ3v) is 5.94. The summed E-state index contributed by atoms with van der Waals surface area (Å²) < 4.78 is 28.3. The van der Waals surface area contributed by atoms with Gasteiger partial charge in [-0.15, -0.1) is 0 Å². The van der Waals surface area contributed by atoms with Gasteiger partial charge in [0.15, 0.2) is 0 Å². The molecule has 0 saturated carbocycles. The molecule has 2 rings (SSSR count). The summed E-state index contributed by atoms with van der Waals surface area (Å²) in [4.78, 5) is 0.290. The van der Waals surface area contributed by atoms with E-state index >= 15 is 0 Å². The lowest BCUT2D eigenvalue weighted by Gasteiger charge is -2.27. The van der Waals surface area contributed by atoms with Crippen molar-refractivity contribution in [3.8, 4) is 0 Å². The summed E-state index contributed by atoms with van der Waals surface area (Å²) in [6, 6.07) is 0.0534. The van der Waals surface area contributed by atoms with Gasteiger partial charge in [-0.1, -0.05) is 28.8 Å². The number of hydrogen-bond acceptors (Lipinski definition) is 3. The lowest BCUT2D eigenvalue weighted by atomic mass is 10.1. The van der Waals surface area contributed by atoms with Gasteiger partial charge in [0.1, 0.15) is 4.90 Å². The zero-order valence-corrected chi connectivity index (χ0v) is 12.8. The van der Waals surface area contributed by atoms with Crippen LogP contribution >= 0.6 is 15.9 Å². The second kappa shape index (κ2) is 5.71. The van der Waals surface area contributed by atoms with Crippen molar-refractivity contribution in [3.05, 3.63) is 12.4 Å². The Balaban J connectivity index is 2.32. The minimum absolute atomic E-state index is 0.0534. The van der Waals surface area contributed by atoms with Crippen LogP contribution < -0.4 is 0 Å². The standard InChI is InChI=1S/C11H18BrN3O2S/c1-14-9-11(8-13-14)18(16,17)15-6-4-2-3-5-10(15)7-12/h8-10H,2-7H2,1H3. The molecule has 1 aliphatic heterocycles. The van der Waals surface area contributed by atoms with Crippen molar-refractivity contribution in [2.75, 3.05) is 11.9 Å². The molecule has 0 N–H and O–H groups in total. The molecule has 102 valence electrons. The molecule has 2 heterocycles. The van der Waals surface area contributed by atoms with Crippen LogP contribution in [0.2, 0.25) is 0 Å². The average molecular weight is 336 g/mol. The van der Waals surface area contributed by atoms with E-state index in [-0.39, 0.29) is 10.9 Å². The number of aryl methyl sites for hydroxylation is 1. The van der Waals surface area contributed by atoms with Gasteiger partial charge < -0.3 is 0 Å². The predicted molar refractivity (Wildman–Crippen MR) is 73.1 cm³/mol. The molecule has 0 amide bonds. The second-order valence-corrected chi connectivity index (χ2v) is 7.16. The van der Waals surface area contributed by atoms with Crippen LogP contribution in [0.3, 0.4) is 0 Å². The van der Waals surface area contributed by atoms with Crippen LogP contribution in [0.4, 0.5) is 0 Å². The third kappa shape index (κ3) is 2.78. The Kier molecular flexibility index (Phi) is 4.45. The first-order valence-electron chi connectivity index (χ1n) is 6.12. The van der Waals surface area contributed by atoms with Crippen LogP contribution in [-0.2, 0) is 17.1 Å². The smallest absolute Gasteiger partial charge is 0.246 e. The fourth-order valence-corrected chi connectivity index (χ4v) is 4.83. The van der Waals surface area contributed by atoms with Gasteiger partial charge in [0, 0.05) is 31.2 Å². The van der Waals surface area contributed by atoms with Crippen LogP contribution in [0, 0.1) is 0 Å². The zero-order valence-electron chi connectivity index (χ0n) is 10.4. The van der Waals surface area contributed by atoms with Gasteiger partial charge >= 0.3 is 0 Å². The molecule has 7 heteroatoms. The molecular weight excluding hydrogens is 318 g/mol. The van der Waals surface area contributed by atoms with Crippen LogP contribution in [-0.4, -0.2) is 40.4 Å². The summed E-state index contributed by atoms with van der Waals surface area (Å²) >= 11 is 3.43. The van der Waals surface area contributed by atoms with Crippen LogP contribution in [0.25, 0.3) is 0 Å². The van der Waals surface area contributed by atoms with E-state index in [1.54, 1.807) is 17.5 Å². The molecule has 1 unspecified atom stereocenters. The number of nitrogens with zero attached hydrogens (tertiary/aromatic N) is 3. The molecule has 1 saturated heterocycles. The molecule has 0 aromatic carbocycles. The van der Waals surface area contributed by atoms with Gasteiger partial charge in [0.25, 0.3) is 0 Å². The first kappa shape index (κ1) is 14.0. The van der Waals surface area contributed by atoms with Gasteiger partial charge in [0.2, 0.25) is 10.0 Å². The van der Waals surface area contributed by atoms with E-state index in [2.05, 4.69) is 21.0 Å². The van der Waals surface area contributed by atoms with Crippen molar-refractivity contribution < 1.29 is 8.42 Å². The Morgan fingerprint density at radius 3 is 2.83 bits per heavy atom. The maximum Gasteiger partial charge on any atom is 0.246 e. The molecular formula is C11H18BrN3O2S. The van der Waals surface area contributed by atoms with Crippen LogP contribution in [0.15, 0.2) is 17.3 Å². The highest BCUT2D eigenvalue weighted by molar-refractivity contribution is 9.09. The normalized spacial score (nSPS) is 22.9. The second-order valence-electron chi connectivity index (χ2n) is 4.62. The van der Waals surface area contributed by atoms with Gasteiger partial charge in [-0.05, 0) is 12.8 Å². The topological polar surface area (TPSA) is 55.2 Å². The fourth-order valence-electron chi connectivity index (χ4n) is 2.29. The molecule has 0 bridgehead atoms. The predicted octanol–water partition coefficient (Wildman–Crippen LogP) is 1.75. The molecule has 0 aliphatic carbocycles. The van der Waals surface area contributed by atoms with Gasteiger partial charge in [0.05, 0.1) is 6.20 Å². The van der Waals surface area contributed by atoms with E-state index in [0.717, 1.165) is 25.7 Å². The maximum absolute atomic E-state index is 12.6. The van der Waals surface area contributed by atoms with Crippen molar-refractivity contribution in [1.29, 1.82) is 0 Å². The average Bonchev–Trinajstić information content (AvgIpc) is 2.65. The van der Waals surface area contributed by atoms with Crippen molar-refractivity contribution in [2.45, 2.75) is 36.6 Å². The number of alkyl halides is 1. The van der Waals surface area contributed by atoms with E-state index in [1.807, 2.05) is 0 Å². The van der Waals surface area contributed by atoms with Crippen molar-refractivity contribution >= 4 is 26.0 Å². The summed E-state index contributed by atoms with van der Waals surface area (Å²) in [6.45, 7) is 0.605. The summed E-state index contributed by atoms with van der Waals surface area (Å²) in [5.41, 5.74) is 0. The van der Waals surface area contributed by atoms with Gasteiger partial charge in [-0.2, -0.15) is 9.40 Å². The highest BCUT2D eigenvalue weighted by Crippen LogP contribution is 2.25. The minimum atomic E-state index is -3.41. The Morgan fingerprint density at radius 2 is 2.22 bits per heavy atom. The number of sulfonamides is 1. The first-order chi connectivity index (χ1) is 8.55. The number of halogens is 1. The molecule has 5 nitrogen and oxygen atoms in total. The van der Waals surface area contributed by atoms with Crippen LogP contribution in [0.1, 0.15) is 25.7 Å². The Bertz CT molecular complexity index is 500. The SMILES string of the molecule is Cn1cc(S(=O)(=O)N2CCCCCC2CBr)cn1. The number of aromatic nitrogens is 2. The summed E-state index contributed by atoms with van der Waals surface area (Å²) in [5.74, 6) is 0. The third-order valence-electron chi connectivity index (χ3n) is 3.29. The summed E-state index contributed by atoms with van der Waals surface area (Å²) in [7, 11) is -1.68. The highest BCUT2D eigenvalue weighted by Gasteiger charge is 2.32. The minimum Gasteiger partial charge on any atom is -0.274 e. The van der Waals surface area contributed by atoms with Gasteiger partial charge in [-0.25, -0.2) is 8.42 Å².